The van der Waals surface area contributed by atoms with E-state index in [1.807, 2.05) is 0 Å². The molecule has 0 spiro atoms. The van der Waals surface area contributed by atoms with E-state index in [1.165, 1.54) is 0 Å². The van der Waals surface area contributed by atoms with Crippen LogP contribution in [0.2, 0.25) is 0 Å². The van der Waals surface area contributed by atoms with E-state index in [4.69, 9.17) is 5.73 Å². The van der Waals surface area contributed by atoms with Gasteiger partial charge in [0.1, 0.15) is 0 Å². The molecule has 0 aliphatic carbocycles. The molecule has 1 aliphatic rings. The molecule has 1 aromatic rings. The van der Waals surface area contributed by atoms with Gasteiger partial charge in [0.05, 0.1) is 0 Å². The summed E-state index contributed by atoms with van der Waals surface area (Å²) in [4.78, 5) is 17.3. The fraction of sp³-hybridized carbons (Fsp3) is 0.571. The van der Waals surface area contributed by atoms with Gasteiger partial charge in [-0.25, -0.2) is 0 Å². The third-order valence-corrected chi connectivity index (χ3v) is 3.14. The summed E-state index contributed by atoms with van der Waals surface area (Å²) in [7, 11) is 0. The predicted octanol–water partition coefficient (Wildman–Crippen LogP) is 0.0364. The lowest BCUT2D eigenvalue weighted by molar-refractivity contribution is 0.0782. The number of anilines is 1. The number of nitrogens with two attached hydrogens (primary N) is 1. The molecule has 1 unspecified atom stereocenters. The number of nitrogen functional groups attached to an aromatic ring is 1. The summed E-state index contributed by atoms with van der Waals surface area (Å²) in [6.07, 6.45) is 1.04. The summed E-state index contributed by atoms with van der Waals surface area (Å²) in [6.45, 7) is 1.56. The van der Waals surface area contributed by atoms with Crippen LogP contribution >= 0.6 is 22.6 Å². The predicted molar refractivity (Wildman–Crippen MR) is 59.1 cm³/mol. The van der Waals surface area contributed by atoms with Crippen molar-refractivity contribution < 1.29 is 4.79 Å². The minimum atomic E-state index is -0.117. The molecule has 1 aromatic heterocycles. The average molecular weight is 307 g/mol. The van der Waals surface area contributed by atoms with Crippen LogP contribution in [0.4, 0.5) is 5.95 Å². The zero-order valence-corrected chi connectivity index (χ0v) is 9.56. The average Bonchev–Trinajstić information content (AvgIpc) is 2.73. The Balaban J connectivity index is 2.09. The monoisotopic (exact) mass is 307 g/mol. The highest BCUT2D eigenvalue weighted by Crippen LogP contribution is 2.18. The largest absolute Gasteiger partial charge is 0.366 e. The number of alkyl halides is 1. The number of hydrogen-bond acceptors (Lipinski definition) is 4. The van der Waals surface area contributed by atoms with Gasteiger partial charge in [-0.2, -0.15) is 4.98 Å². The number of nitrogens with zero attached hydrogens (tertiary/aromatic N) is 3. The molecule has 14 heavy (non-hydrogen) atoms. The lowest BCUT2D eigenvalue weighted by Crippen LogP contribution is -2.29. The van der Waals surface area contributed by atoms with Gasteiger partial charge >= 0.3 is 0 Å². The number of carbonyl (C=O) groups excluding carboxylic acids is 1. The highest BCUT2D eigenvalue weighted by molar-refractivity contribution is 14.1. The van der Waals surface area contributed by atoms with Crippen LogP contribution in [0.15, 0.2) is 0 Å². The van der Waals surface area contributed by atoms with Gasteiger partial charge < -0.3 is 10.6 Å². The molecule has 1 atom stereocenters. The van der Waals surface area contributed by atoms with Crippen LogP contribution in [-0.2, 0) is 0 Å². The van der Waals surface area contributed by atoms with Gasteiger partial charge in [0, 0.05) is 17.0 Å². The molecule has 2 heterocycles. The van der Waals surface area contributed by atoms with E-state index in [1.54, 1.807) is 4.90 Å². The second kappa shape index (κ2) is 3.71. The Morgan fingerprint density at radius 2 is 2.50 bits per heavy atom. The van der Waals surface area contributed by atoms with E-state index in [0.29, 0.717) is 3.92 Å². The zero-order chi connectivity index (χ0) is 10.1. The van der Waals surface area contributed by atoms with Gasteiger partial charge in [-0.05, 0) is 6.42 Å². The van der Waals surface area contributed by atoms with Crippen LogP contribution in [0.25, 0.3) is 0 Å². The van der Waals surface area contributed by atoms with E-state index in [9.17, 15) is 4.79 Å². The minimum Gasteiger partial charge on any atom is -0.366 e. The Labute approximate surface area is 94.4 Å². The first-order valence-corrected chi connectivity index (χ1v) is 5.52. The second-order valence-corrected chi connectivity index (χ2v) is 4.94. The highest BCUT2D eigenvalue weighted by atomic mass is 127. The molecule has 7 heteroatoms. The van der Waals surface area contributed by atoms with Crippen LogP contribution in [-0.4, -0.2) is 43.0 Å². The summed E-state index contributed by atoms with van der Waals surface area (Å²) in [5, 5.41) is 6.14. The number of aromatic nitrogens is 3. The van der Waals surface area contributed by atoms with Crippen LogP contribution < -0.4 is 5.73 Å². The van der Waals surface area contributed by atoms with Crippen LogP contribution in [0.3, 0.4) is 0 Å². The summed E-state index contributed by atoms with van der Waals surface area (Å²) in [5.74, 6) is 0.222. The molecule has 1 amide bonds. The Morgan fingerprint density at radius 1 is 1.71 bits per heavy atom. The summed E-state index contributed by atoms with van der Waals surface area (Å²) in [5.41, 5.74) is 5.32. The Hall–Kier alpha value is -0.860. The Morgan fingerprint density at radius 3 is 3.00 bits per heavy atom. The van der Waals surface area contributed by atoms with Crippen molar-refractivity contribution in [3.05, 3.63) is 5.82 Å². The van der Waals surface area contributed by atoms with Crippen molar-refractivity contribution >= 4 is 34.4 Å². The number of hydrogen-bond donors (Lipinski definition) is 2. The van der Waals surface area contributed by atoms with Gasteiger partial charge in [-0.1, -0.05) is 22.6 Å². The molecule has 2 rings (SSSR count). The molecule has 0 aromatic carbocycles. The minimum absolute atomic E-state index is 0.110. The SMILES string of the molecule is Nc1n[nH]c(C(=O)N2CCC(I)C2)n1. The smallest absolute Gasteiger partial charge is 0.291 e. The van der Waals surface area contributed by atoms with Crippen molar-refractivity contribution in [2.45, 2.75) is 10.3 Å². The van der Waals surface area contributed by atoms with Gasteiger partial charge in [0.25, 0.3) is 5.91 Å². The fourth-order valence-corrected chi connectivity index (χ4v) is 2.18. The normalized spacial score (nSPS) is 21.5. The number of rotatable bonds is 1. The van der Waals surface area contributed by atoms with E-state index in [-0.39, 0.29) is 17.7 Å². The van der Waals surface area contributed by atoms with E-state index in [2.05, 4.69) is 37.8 Å². The summed E-state index contributed by atoms with van der Waals surface area (Å²) < 4.78 is 0.539. The van der Waals surface area contributed by atoms with Gasteiger partial charge in [0.2, 0.25) is 11.8 Å². The number of carbonyl (C=O) groups is 1. The van der Waals surface area contributed by atoms with Crippen LogP contribution in [0, 0.1) is 0 Å². The first-order chi connectivity index (χ1) is 6.66. The van der Waals surface area contributed by atoms with Crippen molar-refractivity contribution in [3.63, 3.8) is 0 Å². The molecule has 3 N–H and O–H groups in total. The van der Waals surface area contributed by atoms with Crippen molar-refractivity contribution in [1.29, 1.82) is 0 Å². The number of halogens is 1. The molecule has 76 valence electrons. The van der Waals surface area contributed by atoms with E-state index in [0.717, 1.165) is 19.5 Å². The van der Waals surface area contributed by atoms with Crippen LogP contribution in [0.5, 0.6) is 0 Å². The van der Waals surface area contributed by atoms with Gasteiger partial charge in [-0.15, -0.1) is 5.10 Å². The fourth-order valence-electron chi connectivity index (χ4n) is 1.42. The summed E-state index contributed by atoms with van der Waals surface area (Å²) in [6, 6.07) is 0. The van der Waals surface area contributed by atoms with Crippen molar-refractivity contribution in [3.8, 4) is 0 Å². The van der Waals surface area contributed by atoms with E-state index >= 15 is 0 Å². The quantitative estimate of drug-likeness (QED) is 0.566. The molecule has 0 saturated carbocycles. The van der Waals surface area contributed by atoms with Crippen LogP contribution in [0.1, 0.15) is 17.0 Å². The van der Waals surface area contributed by atoms with Crippen molar-refractivity contribution in [2.24, 2.45) is 0 Å². The zero-order valence-electron chi connectivity index (χ0n) is 7.40. The third-order valence-electron chi connectivity index (χ3n) is 2.12. The molecule has 1 saturated heterocycles. The topological polar surface area (TPSA) is 87.9 Å². The Bertz CT molecular complexity index is 352. The summed E-state index contributed by atoms with van der Waals surface area (Å²) >= 11 is 2.34. The molecule has 0 radical (unpaired) electrons. The first-order valence-electron chi connectivity index (χ1n) is 4.28. The maximum Gasteiger partial charge on any atom is 0.291 e. The number of aromatic amines is 1. The molecule has 1 aliphatic heterocycles. The number of likely N-dealkylation sites (tertiary alicyclic amines) is 1. The highest BCUT2D eigenvalue weighted by Gasteiger charge is 2.26. The second-order valence-electron chi connectivity index (χ2n) is 3.18. The van der Waals surface area contributed by atoms with E-state index < -0.39 is 0 Å². The number of H-pyrrole nitrogens is 1. The maximum atomic E-state index is 11.7. The number of amides is 1. The third kappa shape index (κ3) is 1.81. The molecular weight excluding hydrogens is 297 g/mol. The van der Waals surface area contributed by atoms with Crippen molar-refractivity contribution in [2.75, 3.05) is 18.8 Å². The van der Waals surface area contributed by atoms with Crippen molar-refractivity contribution in [1.82, 2.24) is 20.1 Å². The van der Waals surface area contributed by atoms with Gasteiger partial charge in [-0.3, -0.25) is 9.89 Å². The van der Waals surface area contributed by atoms with Gasteiger partial charge in [0.15, 0.2) is 0 Å². The standard InChI is InChI=1S/C7H10IN5O/c8-4-1-2-13(3-4)6(14)5-10-7(9)12-11-5/h4H,1-3H2,(H3,9,10,11,12). The first kappa shape index (κ1) is 9.69. The molecule has 1 fully saturated rings. The maximum absolute atomic E-state index is 11.7. The number of nitrogens with one attached hydrogen (secondary N) is 1. The molecular formula is C7H10IN5O. The molecule has 0 bridgehead atoms. The lowest BCUT2D eigenvalue weighted by atomic mass is 10.4. The Kier molecular flexibility index (Phi) is 2.57. The molecule has 6 nitrogen and oxygen atoms in total. The lowest BCUT2D eigenvalue weighted by Gasteiger charge is -2.12.